The molecular weight excluding hydrogens is 256 g/mol. The first-order chi connectivity index (χ1) is 9.04. The van der Waals surface area contributed by atoms with E-state index in [-0.39, 0.29) is 23.2 Å². The fraction of sp³-hybridized carbons (Fsp3) is 0.875. The van der Waals surface area contributed by atoms with Crippen LogP contribution in [-0.2, 0) is 9.59 Å². The highest BCUT2D eigenvalue weighted by molar-refractivity contribution is 5.70. The summed E-state index contributed by atoms with van der Waals surface area (Å²) < 4.78 is 0. The lowest BCUT2D eigenvalue weighted by atomic mass is 9.78. The predicted octanol–water partition coefficient (Wildman–Crippen LogP) is 4.04. The summed E-state index contributed by atoms with van der Waals surface area (Å²) in [5.74, 6) is -2.03. The highest BCUT2D eigenvalue weighted by atomic mass is 16.4. The molecule has 0 aromatic carbocycles. The van der Waals surface area contributed by atoms with Crippen molar-refractivity contribution < 1.29 is 19.8 Å². The molecule has 0 aliphatic rings. The van der Waals surface area contributed by atoms with Crippen molar-refractivity contribution in [3.8, 4) is 0 Å². The molecule has 0 spiro atoms. The summed E-state index contributed by atoms with van der Waals surface area (Å²) in [6.45, 7) is 10.1. The lowest BCUT2D eigenvalue weighted by Gasteiger charge is -2.27. The van der Waals surface area contributed by atoms with Crippen molar-refractivity contribution in [2.24, 2.45) is 23.2 Å². The van der Waals surface area contributed by atoms with Crippen LogP contribution in [0.3, 0.4) is 0 Å². The fourth-order valence-corrected chi connectivity index (χ4v) is 2.70. The van der Waals surface area contributed by atoms with Crippen LogP contribution in [-0.4, -0.2) is 22.2 Å². The molecular formula is C16H30O4. The summed E-state index contributed by atoms with van der Waals surface area (Å²) in [4.78, 5) is 22.1. The number of unbranched alkanes of at least 4 members (excludes halogenated alkanes) is 1. The molecule has 4 heteroatoms. The Morgan fingerprint density at radius 3 is 1.85 bits per heavy atom. The third-order valence-corrected chi connectivity index (χ3v) is 3.76. The number of aliphatic carboxylic acids is 2. The lowest BCUT2D eigenvalue weighted by Crippen LogP contribution is -2.25. The number of carboxylic acid groups (broad SMARTS) is 2. The second-order valence-corrected chi connectivity index (χ2v) is 7.21. The molecule has 3 atom stereocenters. The van der Waals surface area contributed by atoms with E-state index in [1.807, 2.05) is 6.92 Å². The van der Waals surface area contributed by atoms with Gasteiger partial charge in [-0.25, -0.2) is 0 Å². The number of rotatable bonds is 9. The summed E-state index contributed by atoms with van der Waals surface area (Å²) in [7, 11) is 0. The summed E-state index contributed by atoms with van der Waals surface area (Å²) in [5.41, 5.74) is 0.130. The van der Waals surface area contributed by atoms with Gasteiger partial charge in [0.15, 0.2) is 0 Å². The predicted molar refractivity (Wildman–Crippen MR) is 79.6 cm³/mol. The van der Waals surface area contributed by atoms with E-state index >= 15 is 0 Å². The molecule has 0 fully saturated rings. The van der Waals surface area contributed by atoms with E-state index in [4.69, 9.17) is 5.11 Å². The Balaban J connectivity index is 4.23. The van der Waals surface area contributed by atoms with Crippen molar-refractivity contribution in [1.29, 1.82) is 0 Å². The third kappa shape index (κ3) is 8.18. The average Bonchev–Trinajstić information content (AvgIpc) is 2.24. The monoisotopic (exact) mass is 286 g/mol. The average molecular weight is 286 g/mol. The van der Waals surface area contributed by atoms with Gasteiger partial charge in [0.2, 0.25) is 0 Å². The van der Waals surface area contributed by atoms with Gasteiger partial charge in [-0.2, -0.15) is 0 Å². The standard InChI is InChI=1S/C16H30O4/c1-11(14(17)18)8-6-7-9-13(15(19)20)12(2)10-16(3,4)5/h11-13H,6-10H2,1-5H3,(H,17,18)(H,19,20). The van der Waals surface area contributed by atoms with E-state index < -0.39 is 11.9 Å². The normalized spacial score (nSPS) is 16.4. The van der Waals surface area contributed by atoms with Gasteiger partial charge in [-0.05, 0) is 30.6 Å². The Hall–Kier alpha value is -1.06. The maximum Gasteiger partial charge on any atom is 0.306 e. The van der Waals surface area contributed by atoms with Gasteiger partial charge in [0.05, 0.1) is 11.8 Å². The minimum atomic E-state index is -0.777. The number of carbonyl (C=O) groups is 2. The van der Waals surface area contributed by atoms with E-state index in [2.05, 4.69) is 20.8 Å². The quantitative estimate of drug-likeness (QED) is 0.627. The van der Waals surface area contributed by atoms with E-state index in [1.54, 1.807) is 6.92 Å². The molecule has 0 aromatic heterocycles. The molecule has 0 aliphatic heterocycles. The van der Waals surface area contributed by atoms with Crippen LogP contribution in [0.25, 0.3) is 0 Å². The van der Waals surface area contributed by atoms with E-state index in [1.165, 1.54) is 0 Å². The van der Waals surface area contributed by atoms with Crippen molar-refractivity contribution in [3.05, 3.63) is 0 Å². The third-order valence-electron chi connectivity index (χ3n) is 3.76. The van der Waals surface area contributed by atoms with Crippen molar-refractivity contribution in [3.63, 3.8) is 0 Å². The van der Waals surface area contributed by atoms with Crippen molar-refractivity contribution in [1.82, 2.24) is 0 Å². The largest absolute Gasteiger partial charge is 0.481 e. The van der Waals surface area contributed by atoms with E-state index in [0.717, 1.165) is 19.3 Å². The lowest BCUT2D eigenvalue weighted by molar-refractivity contribution is -0.144. The highest BCUT2D eigenvalue weighted by Gasteiger charge is 2.27. The highest BCUT2D eigenvalue weighted by Crippen LogP contribution is 2.31. The van der Waals surface area contributed by atoms with E-state index in [0.29, 0.717) is 12.8 Å². The molecule has 20 heavy (non-hydrogen) atoms. The molecule has 118 valence electrons. The second-order valence-electron chi connectivity index (χ2n) is 7.21. The van der Waals surface area contributed by atoms with Crippen LogP contribution in [0.15, 0.2) is 0 Å². The summed E-state index contributed by atoms with van der Waals surface area (Å²) in [5, 5.41) is 18.1. The van der Waals surface area contributed by atoms with Gasteiger partial charge in [0.1, 0.15) is 0 Å². The summed E-state index contributed by atoms with van der Waals surface area (Å²) in [6.07, 6.45) is 3.70. The molecule has 0 heterocycles. The molecule has 0 aromatic rings. The van der Waals surface area contributed by atoms with Gasteiger partial charge in [-0.15, -0.1) is 0 Å². The zero-order valence-corrected chi connectivity index (χ0v) is 13.5. The van der Waals surface area contributed by atoms with Gasteiger partial charge in [0, 0.05) is 0 Å². The summed E-state index contributed by atoms with van der Waals surface area (Å²) in [6, 6.07) is 0. The SMILES string of the molecule is CC(CCCCC(C(=O)O)C(C)CC(C)(C)C)C(=O)O. The minimum absolute atomic E-state index is 0.130. The van der Waals surface area contributed by atoms with Crippen molar-refractivity contribution >= 4 is 11.9 Å². The molecule has 0 radical (unpaired) electrons. The maximum atomic E-state index is 11.4. The van der Waals surface area contributed by atoms with Crippen LogP contribution in [0.4, 0.5) is 0 Å². The molecule has 0 bridgehead atoms. The summed E-state index contributed by atoms with van der Waals surface area (Å²) >= 11 is 0. The Bertz CT molecular complexity index is 317. The molecule has 0 aliphatic carbocycles. The first-order valence-electron chi connectivity index (χ1n) is 7.50. The van der Waals surface area contributed by atoms with Gasteiger partial charge in [0.25, 0.3) is 0 Å². The smallest absolute Gasteiger partial charge is 0.306 e. The van der Waals surface area contributed by atoms with Crippen molar-refractivity contribution in [2.75, 3.05) is 0 Å². The molecule has 3 unspecified atom stereocenters. The number of carboxylic acids is 2. The number of hydrogen-bond donors (Lipinski definition) is 2. The first-order valence-corrected chi connectivity index (χ1v) is 7.50. The van der Waals surface area contributed by atoms with Crippen molar-refractivity contribution in [2.45, 2.75) is 66.7 Å². The molecule has 0 rings (SSSR count). The molecule has 0 saturated carbocycles. The van der Waals surface area contributed by atoms with Crippen LogP contribution in [0, 0.1) is 23.2 Å². The minimum Gasteiger partial charge on any atom is -0.481 e. The molecule has 0 saturated heterocycles. The van der Waals surface area contributed by atoms with Crippen LogP contribution >= 0.6 is 0 Å². The Labute approximate surface area is 122 Å². The van der Waals surface area contributed by atoms with Crippen LogP contribution in [0.1, 0.15) is 66.7 Å². The molecule has 2 N–H and O–H groups in total. The molecule has 0 amide bonds. The van der Waals surface area contributed by atoms with Gasteiger partial charge < -0.3 is 10.2 Å². The Morgan fingerprint density at radius 1 is 0.950 bits per heavy atom. The zero-order chi connectivity index (χ0) is 15.9. The topological polar surface area (TPSA) is 74.6 Å². The number of hydrogen-bond acceptors (Lipinski definition) is 2. The van der Waals surface area contributed by atoms with Crippen LogP contribution in [0.5, 0.6) is 0 Å². The van der Waals surface area contributed by atoms with Gasteiger partial charge >= 0.3 is 11.9 Å². The van der Waals surface area contributed by atoms with Crippen LogP contribution in [0.2, 0.25) is 0 Å². The van der Waals surface area contributed by atoms with Gasteiger partial charge in [-0.1, -0.05) is 47.5 Å². The maximum absolute atomic E-state index is 11.4. The Morgan fingerprint density at radius 2 is 1.45 bits per heavy atom. The Kier molecular flexibility index (Phi) is 7.84. The first kappa shape index (κ1) is 18.9. The second kappa shape index (κ2) is 8.28. The van der Waals surface area contributed by atoms with Crippen LogP contribution < -0.4 is 0 Å². The molecule has 4 nitrogen and oxygen atoms in total. The van der Waals surface area contributed by atoms with Gasteiger partial charge in [-0.3, -0.25) is 9.59 Å². The fourth-order valence-electron chi connectivity index (χ4n) is 2.70. The van der Waals surface area contributed by atoms with E-state index in [9.17, 15) is 14.7 Å². The zero-order valence-electron chi connectivity index (χ0n) is 13.5.